The van der Waals surface area contributed by atoms with Gasteiger partial charge in [0.25, 0.3) is 0 Å². The standard InChI is InChI=1S/C28H34N2O3S/c1-32-25-13-10-23(11-14-25)17-20-30(28(34)29-18-16-22-7-4-3-5-8-22)19-6-9-24-12-15-26(31)27(21-24)33-2/h3-5,7-8,10-15,21,31H,6,9,16-20H2,1-2H3,(H,29,34). The third-order valence-electron chi connectivity index (χ3n) is 5.79. The number of benzene rings is 3. The van der Waals surface area contributed by atoms with Crippen LogP contribution in [-0.4, -0.2) is 49.0 Å². The van der Waals surface area contributed by atoms with Crippen molar-refractivity contribution in [3.8, 4) is 17.2 Å². The second-order valence-electron chi connectivity index (χ2n) is 8.16. The summed E-state index contributed by atoms with van der Waals surface area (Å²) in [5, 5.41) is 14.1. The largest absolute Gasteiger partial charge is 0.504 e. The van der Waals surface area contributed by atoms with Crippen LogP contribution in [0.5, 0.6) is 17.2 Å². The summed E-state index contributed by atoms with van der Waals surface area (Å²) in [6.07, 6.45) is 3.65. The number of ether oxygens (including phenoxy) is 2. The fourth-order valence-corrected chi connectivity index (χ4v) is 4.08. The van der Waals surface area contributed by atoms with Crippen LogP contribution in [0.4, 0.5) is 0 Å². The Morgan fingerprint density at radius 3 is 2.24 bits per heavy atom. The van der Waals surface area contributed by atoms with E-state index in [4.69, 9.17) is 21.7 Å². The van der Waals surface area contributed by atoms with E-state index >= 15 is 0 Å². The summed E-state index contributed by atoms with van der Waals surface area (Å²) in [7, 11) is 3.25. The number of nitrogens with zero attached hydrogens (tertiary/aromatic N) is 1. The summed E-state index contributed by atoms with van der Waals surface area (Å²) in [6.45, 7) is 2.48. The molecule has 0 aliphatic rings. The Kier molecular flexibility index (Phi) is 10.0. The van der Waals surface area contributed by atoms with Crippen LogP contribution in [-0.2, 0) is 19.3 Å². The van der Waals surface area contributed by atoms with Crippen molar-refractivity contribution in [2.75, 3.05) is 33.9 Å². The molecule has 0 aliphatic carbocycles. The predicted molar refractivity (Wildman–Crippen MR) is 142 cm³/mol. The van der Waals surface area contributed by atoms with Crippen molar-refractivity contribution in [2.45, 2.75) is 25.7 Å². The van der Waals surface area contributed by atoms with Gasteiger partial charge in [0.15, 0.2) is 16.6 Å². The summed E-state index contributed by atoms with van der Waals surface area (Å²) >= 11 is 5.77. The Balaban J connectivity index is 1.56. The van der Waals surface area contributed by atoms with Crippen LogP contribution >= 0.6 is 12.2 Å². The number of methoxy groups -OCH3 is 2. The molecule has 180 valence electrons. The van der Waals surface area contributed by atoms with Crippen molar-refractivity contribution in [1.82, 2.24) is 10.2 Å². The lowest BCUT2D eigenvalue weighted by Crippen LogP contribution is -2.42. The molecule has 0 fully saturated rings. The highest BCUT2D eigenvalue weighted by atomic mass is 32.1. The highest BCUT2D eigenvalue weighted by molar-refractivity contribution is 7.80. The molecule has 0 saturated carbocycles. The first kappa shape index (κ1) is 25.4. The van der Waals surface area contributed by atoms with Gasteiger partial charge in [0, 0.05) is 19.6 Å². The van der Waals surface area contributed by atoms with Gasteiger partial charge in [-0.3, -0.25) is 0 Å². The quantitative estimate of drug-likeness (QED) is 0.357. The molecule has 0 atom stereocenters. The molecule has 0 spiro atoms. The van der Waals surface area contributed by atoms with Crippen molar-refractivity contribution in [2.24, 2.45) is 0 Å². The molecule has 0 radical (unpaired) electrons. The van der Waals surface area contributed by atoms with Crippen LogP contribution in [0.2, 0.25) is 0 Å². The molecule has 34 heavy (non-hydrogen) atoms. The molecular formula is C28H34N2O3S. The number of phenols is 1. The number of thiocarbonyl (C=S) groups is 1. The highest BCUT2D eigenvalue weighted by Crippen LogP contribution is 2.26. The van der Waals surface area contributed by atoms with Gasteiger partial charge < -0.3 is 24.8 Å². The minimum atomic E-state index is 0.163. The van der Waals surface area contributed by atoms with Gasteiger partial charge in [-0.2, -0.15) is 0 Å². The molecule has 0 bridgehead atoms. The Morgan fingerprint density at radius 2 is 1.53 bits per heavy atom. The van der Waals surface area contributed by atoms with E-state index in [9.17, 15) is 5.11 Å². The van der Waals surface area contributed by atoms with E-state index in [1.54, 1.807) is 20.3 Å². The Bertz CT molecular complexity index is 1030. The number of aryl methyl sites for hydroxylation is 1. The van der Waals surface area contributed by atoms with E-state index in [1.165, 1.54) is 11.1 Å². The fraction of sp³-hybridized carbons (Fsp3) is 0.321. The number of hydrogen-bond donors (Lipinski definition) is 2. The smallest absolute Gasteiger partial charge is 0.168 e. The summed E-state index contributed by atoms with van der Waals surface area (Å²) in [5.41, 5.74) is 3.68. The van der Waals surface area contributed by atoms with Gasteiger partial charge in [0.2, 0.25) is 0 Å². The Hall–Kier alpha value is -3.25. The molecule has 0 heterocycles. The summed E-state index contributed by atoms with van der Waals surface area (Å²) < 4.78 is 10.5. The summed E-state index contributed by atoms with van der Waals surface area (Å²) in [5.74, 6) is 1.53. The summed E-state index contributed by atoms with van der Waals surface area (Å²) in [6, 6.07) is 24.2. The number of aromatic hydroxyl groups is 1. The molecule has 3 aromatic rings. The van der Waals surface area contributed by atoms with Gasteiger partial charge in [-0.15, -0.1) is 0 Å². The normalized spacial score (nSPS) is 10.5. The maximum atomic E-state index is 9.83. The van der Waals surface area contributed by atoms with Crippen LogP contribution in [0.3, 0.4) is 0 Å². The molecule has 2 N–H and O–H groups in total. The van der Waals surface area contributed by atoms with Crippen molar-refractivity contribution in [3.05, 3.63) is 89.5 Å². The van der Waals surface area contributed by atoms with Gasteiger partial charge in [-0.25, -0.2) is 0 Å². The molecular weight excluding hydrogens is 444 g/mol. The molecule has 6 heteroatoms. The van der Waals surface area contributed by atoms with Crippen molar-refractivity contribution in [1.29, 1.82) is 0 Å². The van der Waals surface area contributed by atoms with Crippen molar-refractivity contribution in [3.63, 3.8) is 0 Å². The van der Waals surface area contributed by atoms with Crippen LogP contribution < -0.4 is 14.8 Å². The summed E-state index contributed by atoms with van der Waals surface area (Å²) in [4.78, 5) is 2.25. The van der Waals surface area contributed by atoms with Gasteiger partial charge in [0.1, 0.15) is 5.75 Å². The predicted octanol–water partition coefficient (Wildman–Crippen LogP) is 5.00. The second kappa shape index (κ2) is 13.5. The van der Waals surface area contributed by atoms with Gasteiger partial charge in [-0.05, 0) is 78.9 Å². The lowest BCUT2D eigenvalue weighted by molar-refractivity contribution is 0.372. The van der Waals surface area contributed by atoms with Crippen LogP contribution in [0, 0.1) is 0 Å². The third kappa shape index (κ3) is 7.96. The second-order valence-corrected chi connectivity index (χ2v) is 8.55. The van der Waals surface area contributed by atoms with Crippen LogP contribution in [0.25, 0.3) is 0 Å². The average molecular weight is 479 g/mol. The lowest BCUT2D eigenvalue weighted by Gasteiger charge is -2.26. The van der Waals surface area contributed by atoms with E-state index in [2.05, 4.69) is 46.6 Å². The first-order valence-corrected chi connectivity index (χ1v) is 12.1. The van der Waals surface area contributed by atoms with E-state index in [1.807, 2.05) is 30.3 Å². The first-order valence-electron chi connectivity index (χ1n) is 11.6. The minimum Gasteiger partial charge on any atom is -0.504 e. The van der Waals surface area contributed by atoms with Crippen LogP contribution in [0.1, 0.15) is 23.1 Å². The minimum absolute atomic E-state index is 0.163. The zero-order chi connectivity index (χ0) is 24.2. The van der Waals surface area contributed by atoms with Crippen LogP contribution in [0.15, 0.2) is 72.8 Å². The lowest BCUT2D eigenvalue weighted by atomic mass is 10.1. The maximum Gasteiger partial charge on any atom is 0.168 e. The number of phenolic OH excluding ortho intramolecular Hbond substituents is 1. The zero-order valence-electron chi connectivity index (χ0n) is 20.0. The molecule has 3 aromatic carbocycles. The van der Waals surface area contributed by atoms with E-state index in [-0.39, 0.29) is 5.75 Å². The van der Waals surface area contributed by atoms with Crippen molar-refractivity contribution >= 4 is 17.3 Å². The third-order valence-corrected chi connectivity index (χ3v) is 6.19. The number of nitrogens with one attached hydrogen (secondary N) is 1. The molecule has 0 saturated heterocycles. The van der Waals surface area contributed by atoms with E-state index < -0.39 is 0 Å². The molecule has 0 aliphatic heterocycles. The van der Waals surface area contributed by atoms with E-state index in [0.29, 0.717) is 5.75 Å². The SMILES string of the molecule is COc1ccc(CCN(CCCc2ccc(O)c(OC)c2)C(=S)NCCc2ccccc2)cc1. The van der Waals surface area contributed by atoms with Gasteiger partial charge >= 0.3 is 0 Å². The monoisotopic (exact) mass is 478 g/mol. The molecule has 3 rings (SSSR count). The molecule has 0 unspecified atom stereocenters. The Morgan fingerprint density at radius 1 is 0.824 bits per heavy atom. The highest BCUT2D eigenvalue weighted by Gasteiger charge is 2.11. The molecule has 5 nitrogen and oxygen atoms in total. The average Bonchev–Trinajstić information content (AvgIpc) is 2.87. The topological polar surface area (TPSA) is 54.0 Å². The fourth-order valence-electron chi connectivity index (χ4n) is 3.79. The zero-order valence-corrected chi connectivity index (χ0v) is 20.8. The molecule has 0 amide bonds. The number of rotatable bonds is 12. The molecule has 0 aromatic heterocycles. The number of hydrogen-bond acceptors (Lipinski definition) is 4. The maximum absolute atomic E-state index is 9.83. The Labute approximate surface area is 208 Å². The van der Waals surface area contributed by atoms with Crippen molar-refractivity contribution < 1.29 is 14.6 Å². The first-order chi connectivity index (χ1) is 16.6. The van der Waals surface area contributed by atoms with E-state index in [0.717, 1.165) is 61.7 Å². The van der Waals surface area contributed by atoms with Gasteiger partial charge in [0.05, 0.1) is 14.2 Å². The van der Waals surface area contributed by atoms with Gasteiger partial charge in [-0.1, -0.05) is 48.5 Å².